The highest BCUT2D eigenvalue weighted by Gasteiger charge is 2.15. The van der Waals surface area contributed by atoms with Crippen molar-refractivity contribution < 1.29 is 0 Å². The molecule has 0 amide bonds. The molecule has 0 spiro atoms. The SMILES string of the molecule is CCCCCCCCCCCCCCCCC(C)(C)CCN. The summed E-state index contributed by atoms with van der Waals surface area (Å²) in [5, 5.41) is 0. The number of rotatable bonds is 17. The van der Waals surface area contributed by atoms with E-state index in [4.69, 9.17) is 5.73 Å². The van der Waals surface area contributed by atoms with E-state index in [9.17, 15) is 0 Å². The molecule has 22 heavy (non-hydrogen) atoms. The van der Waals surface area contributed by atoms with E-state index in [0.717, 1.165) is 6.54 Å². The summed E-state index contributed by atoms with van der Waals surface area (Å²) in [4.78, 5) is 0. The quantitative estimate of drug-likeness (QED) is 0.282. The van der Waals surface area contributed by atoms with Gasteiger partial charge in [-0.3, -0.25) is 0 Å². The molecule has 0 fully saturated rings. The monoisotopic (exact) mass is 311 g/mol. The van der Waals surface area contributed by atoms with E-state index in [1.54, 1.807) is 0 Å². The van der Waals surface area contributed by atoms with E-state index in [1.165, 1.54) is 103 Å². The number of unbranched alkanes of at least 4 members (excludes halogenated alkanes) is 13. The number of nitrogens with two attached hydrogens (primary N) is 1. The molecule has 0 bridgehead atoms. The van der Waals surface area contributed by atoms with Gasteiger partial charge in [-0.1, -0.05) is 111 Å². The highest BCUT2D eigenvalue weighted by molar-refractivity contribution is 4.68. The van der Waals surface area contributed by atoms with Gasteiger partial charge >= 0.3 is 0 Å². The number of hydrogen-bond acceptors (Lipinski definition) is 1. The summed E-state index contributed by atoms with van der Waals surface area (Å²) in [5.74, 6) is 0. The topological polar surface area (TPSA) is 26.0 Å². The Hall–Kier alpha value is -0.0400. The van der Waals surface area contributed by atoms with Gasteiger partial charge in [-0.2, -0.15) is 0 Å². The van der Waals surface area contributed by atoms with Gasteiger partial charge < -0.3 is 5.73 Å². The van der Waals surface area contributed by atoms with E-state index < -0.39 is 0 Å². The van der Waals surface area contributed by atoms with Crippen LogP contribution in [-0.2, 0) is 0 Å². The molecule has 0 aliphatic carbocycles. The van der Waals surface area contributed by atoms with Crippen molar-refractivity contribution in [2.75, 3.05) is 6.54 Å². The molecule has 0 saturated heterocycles. The van der Waals surface area contributed by atoms with Crippen molar-refractivity contribution in [3.05, 3.63) is 0 Å². The second-order valence-electron chi connectivity index (χ2n) is 8.05. The summed E-state index contributed by atoms with van der Waals surface area (Å²) in [7, 11) is 0. The first-order chi connectivity index (χ1) is 10.6. The van der Waals surface area contributed by atoms with Crippen molar-refractivity contribution in [3.63, 3.8) is 0 Å². The Labute approximate surface area is 141 Å². The minimum Gasteiger partial charge on any atom is -0.330 e. The molecule has 0 aliphatic heterocycles. The van der Waals surface area contributed by atoms with Crippen LogP contribution in [0.4, 0.5) is 0 Å². The Morgan fingerprint density at radius 2 is 0.909 bits per heavy atom. The van der Waals surface area contributed by atoms with Crippen LogP contribution < -0.4 is 5.73 Å². The molecule has 0 aliphatic rings. The lowest BCUT2D eigenvalue weighted by molar-refractivity contribution is 0.299. The Morgan fingerprint density at radius 1 is 0.545 bits per heavy atom. The minimum absolute atomic E-state index is 0.464. The van der Waals surface area contributed by atoms with Gasteiger partial charge in [-0.15, -0.1) is 0 Å². The molecule has 0 unspecified atom stereocenters. The molecule has 1 nitrogen and oxygen atoms in total. The average molecular weight is 312 g/mol. The van der Waals surface area contributed by atoms with E-state index in [0.29, 0.717) is 5.41 Å². The van der Waals surface area contributed by atoms with Crippen molar-refractivity contribution in [3.8, 4) is 0 Å². The molecule has 0 atom stereocenters. The first-order valence-corrected chi connectivity index (χ1v) is 10.3. The van der Waals surface area contributed by atoms with Crippen LogP contribution in [0.25, 0.3) is 0 Å². The molecular formula is C21H45N. The van der Waals surface area contributed by atoms with Crippen LogP contribution >= 0.6 is 0 Å². The largest absolute Gasteiger partial charge is 0.330 e. The Morgan fingerprint density at radius 3 is 1.27 bits per heavy atom. The molecule has 134 valence electrons. The first kappa shape index (κ1) is 22.0. The van der Waals surface area contributed by atoms with Crippen LogP contribution in [-0.4, -0.2) is 6.54 Å². The molecule has 0 aromatic heterocycles. The minimum atomic E-state index is 0.464. The van der Waals surface area contributed by atoms with Crippen molar-refractivity contribution in [1.29, 1.82) is 0 Å². The lowest BCUT2D eigenvalue weighted by Crippen LogP contribution is -2.16. The van der Waals surface area contributed by atoms with Crippen LogP contribution in [0, 0.1) is 5.41 Å². The van der Waals surface area contributed by atoms with Gasteiger partial charge in [0.2, 0.25) is 0 Å². The zero-order chi connectivity index (χ0) is 16.5. The van der Waals surface area contributed by atoms with Crippen molar-refractivity contribution in [1.82, 2.24) is 0 Å². The zero-order valence-electron chi connectivity index (χ0n) is 16.1. The van der Waals surface area contributed by atoms with Gasteiger partial charge in [0.1, 0.15) is 0 Å². The molecule has 1 heteroatoms. The second-order valence-corrected chi connectivity index (χ2v) is 8.05. The van der Waals surface area contributed by atoms with Crippen molar-refractivity contribution >= 4 is 0 Å². The van der Waals surface area contributed by atoms with Crippen molar-refractivity contribution in [2.24, 2.45) is 11.1 Å². The maximum absolute atomic E-state index is 5.66. The Balaban J connectivity index is 3.11. The van der Waals surface area contributed by atoms with E-state index in [-0.39, 0.29) is 0 Å². The van der Waals surface area contributed by atoms with Crippen LogP contribution in [0.5, 0.6) is 0 Å². The summed E-state index contributed by atoms with van der Waals surface area (Å²) in [6.45, 7) is 7.86. The fraction of sp³-hybridized carbons (Fsp3) is 1.00. The third-order valence-electron chi connectivity index (χ3n) is 5.03. The molecule has 0 heterocycles. The molecular weight excluding hydrogens is 266 g/mol. The molecule has 0 aromatic carbocycles. The summed E-state index contributed by atoms with van der Waals surface area (Å²) < 4.78 is 0. The molecule has 0 aromatic rings. The Kier molecular flexibility index (Phi) is 15.8. The maximum atomic E-state index is 5.66. The average Bonchev–Trinajstić information content (AvgIpc) is 2.47. The first-order valence-electron chi connectivity index (χ1n) is 10.3. The molecule has 2 N–H and O–H groups in total. The predicted molar refractivity (Wildman–Crippen MR) is 102 cm³/mol. The van der Waals surface area contributed by atoms with Crippen LogP contribution in [0.15, 0.2) is 0 Å². The predicted octanol–water partition coefficient (Wildman–Crippen LogP) is 7.23. The lowest BCUT2D eigenvalue weighted by Gasteiger charge is -2.23. The lowest BCUT2D eigenvalue weighted by atomic mass is 9.83. The fourth-order valence-corrected chi connectivity index (χ4v) is 3.31. The third-order valence-corrected chi connectivity index (χ3v) is 5.03. The number of hydrogen-bond donors (Lipinski definition) is 1. The van der Waals surface area contributed by atoms with Gasteiger partial charge in [0.05, 0.1) is 0 Å². The summed E-state index contributed by atoms with van der Waals surface area (Å²) in [6.07, 6.45) is 22.8. The molecule has 0 saturated carbocycles. The van der Waals surface area contributed by atoms with E-state index in [2.05, 4.69) is 20.8 Å². The summed E-state index contributed by atoms with van der Waals surface area (Å²) >= 11 is 0. The van der Waals surface area contributed by atoms with Gasteiger partial charge in [0.25, 0.3) is 0 Å². The Bertz CT molecular complexity index is 210. The van der Waals surface area contributed by atoms with Crippen LogP contribution in [0.3, 0.4) is 0 Å². The second kappa shape index (κ2) is 15.8. The molecule has 0 rings (SSSR count). The molecule has 0 radical (unpaired) electrons. The van der Waals surface area contributed by atoms with Crippen molar-refractivity contribution in [2.45, 2.75) is 124 Å². The van der Waals surface area contributed by atoms with E-state index in [1.807, 2.05) is 0 Å². The third kappa shape index (κ3) is 16.3. The standard InChI is InChI=1S/C21H45N/c1-4-5-6-7-8-9-10-11-12-13-14-15-16-17-18-21(2,3)19-20-22/h4-20,22H2,1-3H3. The highest BCUT2D eigenvalue weighted by atomic mass is 14.5. The van der Waals surface area contributed by atoms with Crippen LogP contribution in [0.2, 0.25) is 0 Å². The maximum Gasteiger partial charge on any atom is -0.00722 e. The summed E-state index contributed by atoms with van der Waals surface area (Å²) in [5.41, 5.74) is 6.13. The van der Waals surface area contributed by atoms with Crippen LogP contribution in [0.1, 0.15) is 124 Å². The fourth-order valence-electron chi connectivity index (χ4n) is 3.31. The van der Waals surface area contributed by atoms with Gasteiger partial charge in [-0.05, 0) is 24.8 Å². The van der Waals surface area contributed by atoms with E-state index >= 15 is 0 Å². The normalized spacial score (nSPS) is 12.0. The van der Waals surface area contributed by atoms with Gasteiger partial charge in [0, 0.05) is 0 Å². The van der Waals surface area contributed by atoms with Gasteiger partial charge in [-0.25, -0.2) is 0 Å². The zero-order valence-corrected chi connectivity index (χ0v) is 16.1. The smallest absolute Gasteiger partial charge is 0.00722 e. The van der Waals surface area contributed by atoms with Gasteiger partial charge in [0.15, 0.2) is 0 Å². The highest BCUT2D eigenvalue weighted by Crippen LogP contribution is 2.27. The summed E-state index contributed by atoms with van der Waals surface area (Å²) in [6, 6.07) is 0.